The Hall–Kier alpha value is 0. The van der Waals surface area contributed by atoms with Crippen LogP contribution in [0.4, 0.5) is 0 Å². The summed E-state index contributed by atoms with van der Waals surface area (Å²) >= 11 is 0. The summed E-state index contributed by atoms with van der Waals surface area (Å²) in [5.74, 6) is 6.17. The lowest BCUT2D eigenvalue weighted by Gasteiger charge is -2.69. The van der Waals surface area contributed by atoms with Crippen molar-refractivity contribution in [1.29, 1.82) is 0 Å². The third-order valence-electron chi connectivity index (χ3n) is 12.9. The summed E-state index contributed by atoms with van der Waals surface area (Å²) in [7, 11) is 0. The van der Waals surface area contributed by atoms with E-state index in [1.54, 1.807) is 25.7 Å². The van der Waals surface area contributed by atoms with Crippen LogP contribution in [-0.4, -0.2) is 0 Å². The van der Waals surface area contributed by atoms with Crippen LogP contribution in [0.2, 0.25) is 0 Å². The maximum atomic E-state index is 2.80. The van der Waals surface area contributed by atoms with Crippen molar-refractivity contribution < 1.29 is 0 Å². The van der Waals surface area contributed by atoms with E-state index in [4.69, 9.17) is 0 Å². The molecule has 0 heteroatoms. The SMILES string of the molecule is CCC1CCC2C3CCC4C5CCCC(C)(C)C5CCC4(C)C3(C)CCC12C. The van der Waals surface area contributed by atoms with E-state index in [2.05, 4.69) is 41.5 Å². The van der Waals surface area contributed by atoms with Gasteiger partial charge >= 0.3 is 0 Å². The molecule has 0 N–H and O–H groups in total. The van der Waals surface area contributed by atoms with Crippen molar-refractivity contribution in [3.05, 3.63) is 0 Å². The molecule has 28 heavy (non-hydrogen) atoms. The molecule has 9 atom stereocenters. The third kappa shape index (κ3) is 2.36. The van der Waals surface area contributed by atoms with Crippen molar-refractivity contribution >= 4 is 0 Å². The summed E-state index contributed by atoms with van der Waals surface area (Å²) in [5.41, 5.74) is 2.52. The second-order valence-electron chi connectivity index (χ2n) is 13.6. The molecule has 0 spiro atoms. The molecule has 0 aromatic rings. The summed E-state index contributed by atoms with van der Waals surface area (Å²) in [6, 6.07) is 0. The Labute approximate surface area is 176 Å². The molecule has 0 aromatic heterocycles. The first kappa shape index (κ1) is 19.9. The number of hydrogen-bond acceptors (Lipinski definition) is 0. The highest BCUT2D eigenvalue weighted by Crippen LogP contribution is 2.75. The zero-order valence-corrected chi connectivity index (χ0v) is 19.9. The largest absolute Gasteiger partial charge is 0.0651 e. The van der Waals surface area contributed by atoms with E-state index in [0.717, 1.165) is 35.5 Å². The fourth-order valence-electron chi connectivity index (χ4n) is 11.0. The summed E-state index contributed by atoms with van der Waals surface area (Å²) < 4.78 is 0. The minimum atomic E-state index is 0.604. The molecule has 160 valence electrons. The van der Waals surface area contributed by atoms with Gasteiger partial charge in [-0.25, -0.2) is 0 Å². The molecule has 5 aliphatic rings. The first-order chi connectivity index (χ1) is 13.2. The molecule has 0 bridgehead atoms. The van der Waals surface area contributed by atoms with Gasteiger partial charge in [0.1, 0.15) is 0 Å². The van der Waals surface area contributed by atoms with E-state index in [1.165, 1.54) is 51.4 Å². The van der Waals surface area contributed by atoms with E-state index >= 15 is 0 Å². The second kappa shape index (κ2) is 6.26. The standard InChI is InChI=1S/C28H48/c1-7-19-10-11-23-24-13-12-22-20-9-8-15-25(2,3)21(20)14-16-27(22,5)28(24,6)18-17-26(19,23)4/h19-24H,7-18H2,1-6H3. The fraction of sp³-hybridized carbons (Fsp3) is 1.00. The van der Waals surface area contributed by atoms with E-state index < -0.39 is 0 Å². The first-order valence-corrected chi connectivity index (χ1v) is 13.2. The molecular formula is C28H48. The van der Waals surface area contributed by atoms with Crippen LogP contribution in [0, 0.1) is 57.2 Å². The molecule has 0 saturated heterocycles. The zero-order valence-electron chi connectivity index (χ0n) is 19.9. The molecule has 0 radical (unpaired) electrons. The van der Waals surface area contributed by atoms with Crippen molar-refractivity contribution in [3.8, 4) is 0 Å². The van der Waals surface area contributed by atoms with E-state index in [0.29, 0.717) is 21.7 Å². The van der Waals surface area contributed by atoms with E-state index in [1.807, 2.05) is 0 Å². The lowest BCUT2D eigenvalue weighted by Crippen LogP contribution is -2.62. The quantitative estimate of drug-likeness (QED) is 0.425. The molecular weight excluding hydrogens is 336 g/mol. The van der Waals surface area contributed by atoms with Gasteiger partial charge in [-0.1, -0.05) is 54.4 Å². The molecule has 0 amide bonds. The number of hydrogen-bond donors (Lipinski definition) is 0. The highest BCUT2D eigenvalue weighted by Gasteiger charge is 2.67. The average Bonchev–Trinajstić information content (AvgIpc) is 2.98. The fourth-order valence-corrected chi connectivity index (χ4v) is 11.0. The van der Waals surface area contributed by atoms with Crippen LogP contribution in [0.1, 0.15) is 119 Å². The minimum Gasteiger partial charge on any atom is -0.0651 e. The Balaban J connectivity index is 1.48. The second-order valence-corrected chi connectivity index (χ2v) is 13.6. The van der Waals surface area contributed by atoms with Gasteiger partial charge in [0.15, 0.2) is 0 Å². The van der Waals surface area contributed by atoms with Crippen LogP contribution in [-0.2, 0) is 0 Å². The highest BCUT2D eigenvalue weighted by molar-refractivity contribution is 5.15. The average molecular weight is 385 g/mol. The maximum absolute atomic E-state index is 2.80. The van der Waals surface area contributed by atoms with E-state index in [9.17, 15) is 0 Å². The Morgan fingerprint density at radius 2 is 1.29 bits per heavy atom. The van der Waals surface area contributed by atoms with E-state index in [-0.39, 0.29) is 0 Å². The van der Waals surface area contributed by atoms with Gasteiger partial charge in [0.25, 0.3) is 0 Å². The first-order valence-electron chi connectivity index (χ1n) is 13.2. The molecule has 9 unspecified atom stereocenters. The Kier molecular flexibility index (Phi) is 4.46. The normalized spacial score (nSPS) is 57.6. The highest BCUT2D eigenvalue weighted by atomic mass is 14.7. The summed E-state index contributed by atoms with van der Waals surface area (Å²) in [4.78, 5) is 0. The molecule has 0 aliphatic heterocycles. The smallest absolute Gasteiger partial charge is 0.0238 e. The van der Waals surface area contributed by atoms with Crippen LogP contribution in [0.15, 0.2) is 0 Å². The van der Waals surface area contributed by atoms with Crippen molar-refractivity contribution in [2.24, 2.45) is 57.2 Å². The zero-order chi connectivity index (χ0) is 19.9. The van der Waals surface area contributed by atoms with Crippen molar-refractivity contribution in [1.82, 2.24) is 0 Å². The third-order valence-corrected chi connectivity index (χ3v) is 12.9. The van der Waals surface area contributed by atoms with Gasteiger partial charge in [-0.15, -0.1) is 0 Å². The molecule has 0 aromatic carbocycles. The monoisotopic (exact) mass is 384 g/mol. The van der Waals surface area contributed by atoms with Gasteiger partial charge in [0.05, 0.1) is 0 Å². The van der Waals surface area contributed by atoms with Gasteiger partial charge in [-0.2, -0.15) is 0 Å². The Bertz CT molecular complexity index is 618. The number of rotatable bonds is 1. The molecule has 0 nitrogen and oxygen atoms in total. The summed E-state index contributed by atoms with van der Waals surface area (Å²) in [6.07, 6.45) is 18.3. The molecule has 5 aliphatic carbocycles. The topological polar surface area (TPSA) is 0 Å². The van der Waals surface area contributed by atoms with Crippen LogP contribution in [0.3, 0.4) is 0 Å². The molecule has 5 fully saturated rings. The van der Waals surface area contributed by atoms with Crippen molar-refractivity contribution in [3.63, 3.8) is 0 Å². The van der Waals surface area contributed by atoms with Crippen LogP contribution in [0.5, 0.6) is 0 Å². The lowest BCUT2D eigenvalue weighted by atomic mass is 9.35. The molecule has 5 rings (SSSR count). The van der Waals surface area contributed by atoms with Crippen LogP contribution in [0.25, 0.3) is 0 Å². The summed E-state index contributed by atoms with van der Waals surface area (Å²) in [6.45, 7) is 16.0. The van der Waals surface area contributed by atoms with Crippen molar-refractivity contribution in [2.45, 2.75) is 119 Å². The molecule has 5 saturated carbocycles. The van der Waals surface area contributed by atoms with Gasteiger partial charge in [-0.05, 0) is 121 Å². The number of fused-ring (bicyclic) bond motifs is 7. The Morgan fingerprint density at radius 1 is 0.607 bits per heavy atom. The Morgan fingerprint density at radius 3 is 2.04 bits per heavy atom. The van der Waals surface area contributed by atoms with Gasteiger partial charge < -0.3 is 0 Å². The van der Waals surface area contributed by atoms with Crippen molar-refractivity contribution in [2.75, 3.05) is 0 Å². The van der Waals surface area contributed by atoms with Crippen LogP contribution < -0.4 is 0 Å². The predicted molar refractivity (Wildman–Crippen MR) is 120 cm³/mol. The van der Waals surface area contributed by atoms with Gasteiger partial charge in [-0.3, -0.25) is 0 Å². The van der Waals surface area contributed by atoms with Gasteiger partial charge in [0.2, 0.25) is 0 Å². The van der Waals surface area contributed by atoms with Crippen LogP contribution >= 0.6 is 0 Å². The maximum Gasteiger partial charge on any atom is -0.0238 e. The lowest BCUT2D eigenvalue weighted by molar-refractivity contribution is -0.207. The predicted octanol–water partition coefficient (Wildman–Crippen LogP) is 8.50. The molecule has 0 heterocycles. The minimum absolute atomic E-state index is 0.604. The summed E-state index contributed by atoms with van der Waals surface area (Å²) in [5, 5.41) is 0. The van der Waals surface area contributed by atoms with Gasteiger partial charge in [0, 0.05) is 0 Å².